The fourth-order valence-corrected chi connectivity index (χ4v) is 4.68. The summed E-state index contributed by atoms with van der Waals surface area (Å²) in [5, 5.41) is 0. The van der Waals surface area contributed by atoms with Gasteiger partial charge in [0.2, 0.25) is 5.91 Å². The largest absolute Gasteiger partial charge is 0.342 e. The van der Waals surface area contributed by atoms with Gasteiger partial charge in [-0.25, -0.2) is 0 Å². The van der Waals surface area contributed by atoms with Crippen molar-refractivity contribution in [2.75, 3.05) is 19.0 Å². The third-order valence-electron chi connectivity index (χ3n) is 6.07. The van der Waals surface area contributed by atoms with Gasteiger partial charge in [-0.15, -0.1) is 11.6 Å². The van der Waals surface area contributed by atoms with Crippen molar-refractivity contribution in [3.05, 3.63) is 52.8 Å². The minimum atomic E-state index is 0.0627. The summed E-state index contributed by atoms with van der Waals surface area (Å²) in [6.07, 6.45) is 6.70. The monoisotopic (exact) mass is 400 g/mol. The second-order valence-corrected chi connectivity index (χ2v) is 8.20. The highest BCUT2D eigenvalue weighted by atomic mass is 35.5. The Hall–Kier alpha value is -1.74. The Morgan fingerprint density at radius 1 is 1.14 bits per heavy atom. The van der Waals surface area contributed by atoms with E-state index in [1.807, 2.05) is 4.90 Å². The Morgan fingerprint density at radius 2 is 1.82 bits per heavy atom. The molecule has 0 radical (unpaired) electrons. The van der Waals surface area contributed by atoms with Gasteiger partial charge in [-0.3, -0.25) is 4.79 Å². The number of benzene rings is 1. The first-order valence-corrected chi connectivity index (χ1v) is 11.3. The van der Waals surface area contributed by atoms with Crippen LogP contribution in [0.1, 0.15) is 68.0 Å². The Morgan fingerprint density at radius 3 is 2.39 bits per heavy atom. The summed E-state index contributed by atoms with van der Waals surface area (Å²) < 4.78 is 2.43. The molecule has 1 amide bonds. The Labute approximate surface area is 174 Å². The van der Waals surface area contributed by atoms with Crippen LogP contribution in [0.2, 0.25) is 0 Å². The molecule has 0 bridgehead atoms. The minimum Gasteiger partial charge on any atom is -0.342 e. The molecule has 1 aliphatic rings. The molecule has 1 aliphatic heterocycles. The van der Waals surface area contributed by atoms with E-state index in [2.05, 4.69) is 55.7 Å². The molecular formula is C24H33ClN2O. The Kier molecular flexibility index (Phi) is 7.23. The predicted molar refractivity (Wildman–Crippen MR) is 118 cm³/mol. The van der Waals surface area contributed by atoms with Crippen LogP contribution in [0.5, 0.6) is 0 Å². The number of carbonyl (C=O) groups excluding carboxylic acids is 1. The van der Waals surface area contributed by atoms with Gasteiger partial charge in [-0.1, -0.05) is 32.4 Å². The third-order valence-corrected chi connectivity index (χ3v) is 6.30. The maximum absolute atomic E-state index is 11.9. The lowest BCUT2D eigenvalue weighted by Gasteiger charge is -2.32. The SMILES string of the molecule is CCCCc1ccc(-n2c(C)cc(C3CCN(C(=O)CCl)CC3)c2CC)cc1. The number of halogens is 1. The lowest BCUT2D eigenvalue weighted by molar-refractivity contribution is -0.129. The molecule has 0 spiro atoms. The quantitative estimate of drug-likeness (QED) is 0.552. The highest BCUT2D eigenvalue weighted by molar-refractivity contribution is 6.27. The summed E-state index contributed by atoms with van der Waals surface area (Å²) in [6.45, 7) is 8.32. The smallest absolute Gasteiger partial charge is 0.237 e. The second-order valence-electron chi connectivity index (χ2n) is 7.94. The summed E-state index contributed by atoms with van der Waals surface area (Å²) in [6, 6.07) is 11.5. The zero-order chi connectivity index (χ0) is 20.1. The van der Waals surface area contributed by atoms with Gasteiger partial charge in [0.1, 0.15) is 5.88 Å². The van der Waals surface area contributed by atoms with Gasteiger partial charge in [-0.05, 0) is 74.3 Å². The fraction of sp³-hybridized carbons (Fsp3) is 0.542. The maximum atomic E-state index is 11.9. The number of nitrogens with zero attached hydrogens (tertiary/aromatic N) is 2. The number of amides is 1. The van der Waals surface area contributed by atoms with E-state index in [0.29, 0.717) is 5.92 Å². The number of rotatable bonds is 7. The zero-order valence-corrected chi connectivity index (χ0v) is 18.3. The van der Waals surface area contributed by atoms with Crippen LogP contribution in [0.3, 0.4) is 0 Å². The van der Waals surface area contributed by atoms with E-state index < -0.39 is 0 Å². The number of carbonyl (C=O) groups is 1. The van der Waals surface area contributed by atoms with Gasteiger partial charge >= 0.3 is 0 Å². The number of unbranched alkanes of at least 4 members (excludes halogenated alkanes) is 1. The van der Waals surface area contributed by atoms with Crippen molar-refractivity contribution in [2.24, 2.45) is 0 Å². The maximum Gasteiger partial charge on any atom is 0.237 e. The molecule has 0 N–H and O–H groups in total. The van der Waals surface area contributed by atoms with Crippen LogP contribution in [0.15, 0.2) is 30.3 Å². The Bertz CT molecular complexity index is 786. The normalized spacial score (nSPS) is 15.2. The summed E-state index contributed by atoms with van der Waals surface area (Å²) in [4.78, 5) is 13.8. The van der Waals surface area contributed by atoms with Crippen molar-refractivity contribution in [3.8, 4) is 5.69 Å². The molecule has 0 saturated carbocycles. The molecule has 3 rings (SSSR count). The van der Waals surface area contributed by atoms with Gasteiger partial charge in [0.25, 0.3) is 0 Å². The molecule has 1 aromatic heterocycles. The van der Waals surface area contributed by atoms with Crippen LogP contribution < -0.4 is 0 Å². The minimum absolute atomic E-state index is 0.0627. The van der Waals surface area contributed by atoms with E-state index in [0.717, 1.165) is 38.8 Å². The molecule has 152 valence electrons. The number of hydrogen-bond acceptors (Lipinski definition) is 1. The first kappa shape index (κ1) is 21.0. The van der Waals surface area contributed by atoms with Crippen molar-refractivity contribution >= 4 is 17.5 Å². The standard InChI is InChI=1S/C24H33ClN2O/c1-4-6-7-19-8-10-21(11-9-19)27-18(3)16-22(23(27)5-2)20-12-14-26(15-13-20)24(28)17-25/h8-11,16,20H,4-7,12-15,17H2,1-3H3. The van der Waals surface area contributed by atoms with Gasteiger partial charge < -0.3 is 9.47 Å². The van der Waals surface area contributed by atoms with Crippen molar-refractivity contribution in [1.29, 1.82) is 0 Å². The number of alkyl halides is 1. The van der Waals surface area contributed by atoms with Crippen molar-refractivity contribution in [3.63, 3.8) is 0 Å². The number of aryl methyl sites for hydroxylation is 2. The molecule has 1 fully saturated rings. The lowest BCUT2D eigenvalue weighted by Crippen LogP contribution is -2.38. The number of hydrogen-bond donors (Lipinski definition) is 0. The first-order chi connectivity index (χ1) is 13.6. The molecule has 0 unspecified atom stereocenters. The number of aromatic nitrogens is 1. The van der Waals surface area contributed by atoms with Crippen molar-refractivity contribution in [1.82, 2.24) is 9.47 Å². The zero-order valence-electron chi connectivity index (χ0n) is 17.5. The second kappa shape index (κ2) is 9.65. The van der Waals surface area contributed by atoms with Crippen LogP contribution in [0, 0.1) is 6.92 Å². The Balaban J connectivity index is 1.81. The van der Waals surface area contributed by atoms with E-state index in [9.17, 15) is 4.79 Å². The topological polar surface area (TPSA) is 25.2 Å². The summed E-state index contributed by atoms with van der Waals surface area (Å²) >= 11 is 5.72. The molecular weight excluding hydrogens is 368 g/mol. The molecule has 1 aromatic carbocycles. The van der Waals surface area contributed by atoms with E-state index in [4.69, 9.17) is 11.6 Å². The first-order valence-electron chi connectivity index (χ1n) is 10.7. The summed E-state index contributed by atoms with van der Waals surface area (Å²) in [7, 11) is 0. The van der Waals surface area contributed by atoms with Gasteiger partial charge in [0.15, 0.2) is 0 Å². The van der Waals surface area contributed by atoms with Crippen LogP contribution in [0.4, 0.5) is 0 Å². The summed E-state index contributed by atoms with van der Waals surface area (Å²) in [5.74, 6) is 0.681. The fourth-order valence-electron chi connectivity index (χ4n) is 4.51. The molecule has 0 atom stereocenters. The predicted octanol–water partition coefficient (Wildman–Crippen LogP) is 5.64. The highest BCUT2D eigenvalue weighted by Gasteiger charge is 2.26. The van der Waals surface area contributed by atoms with Crippen LogP contribution >= 0.6 is 11.6 Å². The number of likely N-dealkylation sites (tertiary alicyclic amines) is 1. The lowest BCUT2D eigenvalue weighted by atomic mass is 9.88. The van der Waals surface area contributed by atoms with E-state index in [1.165, 1.54) is 41.0 Å². The number of piperidine rings is 1. The van der Waals surface area contributed by atoms with Gasteiger partial charge in [0.05, 0.1) is 0 Å². The van der Waals surface area contributed by atoms with Gasteiger partial charge in [-0.2, -0.15) is 0 Å². The average molecular weight is 401 g/mol. The molecule has 28 heavy (non-hydrogen) atoms. The van der Waals surface area contributed by atoms with E-state index >= 15 is 0 Å². The molecule has 0 aliphatic carbocycles. The third kappa shape index (κ3) is 4.46. The van der Waals surface area contributed by atoms with E-state index in [1.54, 1.807) is 0 Å². The highest BCUT2D eigenvalue weighted by Crippen LogP contribution is 2.34. The van der Waals surface area contributed by atoms with Crippen molar-refractivity contribution < 1.29 is 4.79 Å². The van der Waals surface area contributed by atoms with Crippen LogP contribution in [0.25, 0.3) is 5.69 Å². The molecule has 4 heteroatoms. The molecule has 2 aromatic rings. The average Bonchev–Trinajstić information content (AvgIpc) is 3.08. The molecule has 3 nitrogen and oxygen atoms in total. The van der Waals surface area contributed by atoms with Gasteiger partial charge in [0, 0.05) is 30.2 Å². The van der Waals surface area contributed by atoms with Crippen molar-refractivity contribution in [2.45, 2.75) is 65.2 Å². The van der Waals surface area contributed by atoms with Crippen LogP contribution in [-0.2, 0) is 17.6 Å². The van der Waals surface area contributed by atoms with Crippen LogP contribution in [-0.4, -0.2) is 34.3 Å². The van der Waals surface area contributed by atoms with E-state index in [-0.39, 0.29) is 11.8 Å². The molecule has 2 heterocycles. The molecule has 1 saturated heterocycles. The summed E-state index contributed by atoms with van der Waals surface area (Å²) in [5.41, 5.74) is 6.86.